The van der Waals surface area contributed by atoms with Crippen molar-refractivity contribution in [3.05, 3.63) is 0 Å². The first-order valence-corrected chi connectivity index (χ1v) is 8.44. The van der Waals surface area contributed by atoms with Crippen LogP contribution >= 0.6 is 0 Å². The molecule has 4 nitrogen and oxygen atoms in total. The molecule has 0 bridgehead atoms. The smallest absolute Gasteiger partial charge is 0.241 e. The molecular formula is C16H31N3O. The van der Waals surface area contributed by atoms with E-state index in [-0.39, 0.29) is 12.2 Å². The number of likely N-dealkylation sites (tertiary alicyclic amines) is 1. The molecular weight excluding hydrogens is 250 g/mol. The summed E-state index contributed by atoms with van der Waals surface area (Å²) in [6, 6.07) is 0.611. The van der Waals surface area contributed by atoms with Crippen molar-refractivity contribution in [2.24, 2.45) is 0 Å². The van der Waals surface area contributed by atoms with Crippen LogP contribution in [-0.2, 0) is 4.79 Å². The molecule has 0 aliphatic carbocycles. The third kappa shape index (κ3) is 3.53. The van der Waals surface area contributed by atoms with E-state index in [1.54, 1.807) is 0 Å². The molecule has 0 aromatic carbocycles. The number of piperidine rings is 1. The van der Waals surface area contributed by atoms with Gasteiger partial charge in [-0.3, -0.25) is 10.1 Å². The van der Waals surface area contributed by atoms with Gasteiger partial charge in [-0.1, -0.05) is 33.1 Å². The number of hydrogen-bond donors (Lipinski definition) is 1. The average molecular weight is 281 g/mol. The zero-order chi connectivity index (χ0) is 14.5. The minimum absolute atomic E-state index is 0.0606. The highest BCUT2D eigenvalue weighted by Gasteiger charge is 2.39. The topological polar surface area (TPSA) is 35.6 Å². The van der Waals surface area contributed by atoms with Crippen LogP contribution in [0.25, 0.3) is 0 Å². The third-order valence-corrected chi connectivity index (χ3v) is 4.82. The summed E-state index contributed by atoms with van der Waals surface area (Å²) in [7, 11) is 2.20. The van der Waals surface area contributed by atoms with Gasteiger partial charge in [0.05, 0.1) is 12.2 Å². The predicted molar refractivity (Wildman–Crippen MR) is 82.5 cm³/mol. The quantitative estimate of drug-likeness (QED) is 0.811. The molecule has 0 aromatic heterocycles. The van der Waals surface area contributed by atoms with Crippen LogP contribution in [0.2, 0.25) is 0 Å². The lowest BCUT2D eigenvalue weighted by Gasteiger charge is -2.36. The van der Waals surface area contributed by atoms with E-state index in [1.807, 2.05) is 0 Å². The lowest BCUT2D eigenvalue weighted by atomic mass is 10.0. The highest BCUT2D eigenvalue weighted by atomic mass is 16.2. The van der Waals surface area contributed by atoms with Gasteiger partial charge in [0.25, 0.3) is 0 Å². The first-order valence-electron chi connectivity index (χ1n) is 8.44. The maximum atomic E-state index is 12.6. The molecule has 2 saturated heterocycles. The van der Waals surface area contributed by atoms with Crippen molar-refractivity contribution in [2.45, 2.75) is 77.0 Å². The van der Waals surface area contributed by atoms with Crippen LogP contribution in [0.15, 0.2) is 0 Å². The Morgan fingerprint density at radius 1 is 1.20 bits per heavy atom. The Morgan fingerprint density at radius 2 is 1.95 bits per heavy atom. The minimum atomic E-state index is 0.0606. The first-order chi connectivity index (χ1) is 9.67. The second kappa shape index (κ2) is 7.41. The monoisotopic (exact) mass is 281 g/mol. The van der Waals surface area contributed by atoms with Crippen molar-refractivity contribution in [1.82, 2.24) is 15.1 Å². The molecule has 0 radical (unpaired) electrons. The predicted octanol–water partition coefficient (Wildman–Crippen LogP) is 2.20. The molecule has 4 heteroatoms. The van der Waals surface area contributed by atoms with Crippen LogP contribution < -0.4 is 5.32 Å². The van der Waals surface area contributed by atoms with Gasteiger partial charge in [0.15, 0.2) is 0 Å². The number of nitrogens with one attached hydrogen (secondary N) is 1. The number of amides is 1. The summed E-state index contributed by atoms with van der Waals surface area (Å²) in [5, 5.41) is 3.55. The number of carbonyl (C=O) groups excluding carboxylic acids is 1. The molecule has 2 aliphatic heterocycles. The zero-order valence-electron chi connectivity index (χ0n) is 13.4. The molecule has 20 heavy (non-hydrogen) atoms. The summed E-state index contributed by atoms with van der Waals surface area (Å²) in [5.74, 6) is 0.337. The summed E-state index contributed by atoms with van der Waals surface area (Å²) < 4.78 is 0. The maximum absolute atomic E-state index is 12.6. The van der Waals surface area contributed by atoms with Crippen molar-refractivity contribution in [3.63, 3.8) is 0 Å². The van der Waals surface area contributed by atoms with E-state index in [2.05, 4.69) is 36.0 Å². The van der Waals surface area contributed by atoms with E-state index < -0.39 is 0 Å². The number of carbonyl (C=O) groups is 1. The highest BCUT2D eigenvalue weighted by molar-refractivity contribution is 5.84. The fourth-order valence-corrected chi connectivity index (χ4v) is 3.57. The van der Waals surface area contributed by atoms with Gasteiger partial charge in [-0.25, -0.2) is 0 Å². The van der Waals surface area contributed by atoms with Crippen LogP contribution in [0.4, 0.5) is 0 Å². The third-order valence-electron chi connectivity index (χ3n) is 4.82. The van der Waals surface area contributed by atoms with Crippen molar-refractivity contribution in [2.75, 3.05) is 20.1 Å². The van der Waals surface area contributed by atoms with Crippen LogP contribution in [0.3, 0.4) is 0 Å². The molecule has 2 fully saturated rings. The fourth-order valence-electron chi connectivity index (χ4n) is 3.57. The van der Waals surface area contributed by atoms with Crippen LogP contribution in [0, 0.1) is 0 Å². The van der Waals surface area contributed by atoms with Crippen LogP contribution in [0.5, 0.6) is 0 Å². The average Bonchev–Trinajstić information content (AvgIpc) is 2.71. The van der Waals surface area contributed by atoms with E-state index in [9.17, 15) is 4.79 Å². The Balaban J connectivity index is 2.00. The highest BCUT2D eigenvalue weighted by Crippen LogP contribution is 2.22. The summed E-state index contributed by atoms with van der Waals surface area (Å²) in [6.45, 7) is 6.44. The summed E-state index contributed by atoms with van der Waals surface area (Å²) in [5.41, 5.74) is 0. The molecule has 116 valence electrons. The summed E-state index contributed by atoms with van der Waals surface area (Å²) >= 11 is 0. The standard InChI is InChI=1S/C16H31N3O/c1-4-8-14-16(20)19(15(17-14)9-5-2)12-13-10-6-7-11-18(13)3/h13-15,17H,4-12H2,1-3H3. The lowest BCUT2D eigenvalue weighted by molar-refractivity contribution is -0.131. The molecule has 1 N–H and O–H groups in total. The molecule has 2 rings (SSSR count). The fraction of sp³-hybridized carbons (Fsp3) is 0.938. The number of nitrogens with zero attached hydrogens (tertiary/aromatic N) is 2. The molecule has 3 atom stereocenters. The van der Waals surface area contributed by atoms with E-state index in [0.717, 1.165) is 32.2 Å². The van der Waals surface area contributed by atoms with Gasteiger partial charge in [0.2, 0.25) is 5.91 Å². The van der Waals surface area contributed by atoms with Crippen molar-refractivity contribution in [1.29, 1.82) is 0 Å². The maximum Gasteiger partial charge on any atom is 0.241 e. The second-order valence-electron chi connectivity index (χ2n) is 6.43. The Labute approximate surface area is 123 Å². The van der Waals surface area contributed by atoms with Gasteiger partial charge in [0.1, 0.15) is 0 Å². The normalized spacial score (nSPS) is 32.0. The number of hydrogen-bond acceptors (Lipinski definition) is 3. The van der Waals surface area contributed by atoms with Gasteiger partial charge >= 0.3 is 0 Å². The number of likely N-dealkylation sites (N-methyl/N-ethyl adjacent to an activating group) is 1. The van der Waals surface area contributed by atoms with Gasteiger partial charge in [-0.15, -0.1) is 0 Å². The van der Waals surface area contributed by atoms with Gasteiger partial charge in [-0.05, 0) is 39.3 Å². The van der Waals surface area contributed by atoms with Crippen molar-refractivity contribution in [3.8, 4) is 0 Å². The van der Waals surface area contributed by atoms with Crippen molar-refractivity contribution < 1.29 is 4.79 Å². The van der Waals surface area contributed by atoms with E-state index in [1.165, 1.54) is 25.8 Å². The van der Waals surface area contributed by atoms with E-state index in [4.69, 9.17) is 0 Å². The van der Waals surface area contributed by atoms with E-state index >= 15 is 0 Å². The van der Waals surface area contributed by atoms with Gasteiger partial charge in [-0.2, -0.15) is 0 Å². The molecule has 2 heterocycles. The summed E-state index contributed by atoms with van der Waals surface area (Å²) in [4.78, 5) is 17.2. The van der Waals surface area contributed by atoms with Crippen LogP contribution in [0.1, 0.15) is 58.8 Å². The molecule has 1 amide bonds. The Hall–Kier alpha value is -0.610. The Bertz CT molecular complexity index is 321. The van der Waals surface area contributed by atoms with E-state index in [0.29, 0.717) is 11.9 Å². The zero-order valence-corrected chi connectivity index (χ0v) is 13.4. The van der Waals surface area contributed by atoms with Crippen LogP contribution in [-0.4, -0.2) is 54.1 Å². The second-order valence-corrected chi connectivity index (χ2v) is 6.43. The Kier molecular flexibility index (Phi) is 5.85. The Morgan fingerprint density at radius 3 is 2.60 bits per heavy atom. The first kappa shape index (κ1) is 15.8. The molecule has 0 aromatic rings. The minimum Gasteiger partial charge on any atom is -0.324 e. The molecule has 0 spiro atoms. The van der Waals surface area contributed by atoms with Gasteiger partial charge in [0, 0.05) is 12.6 Å². The van der Waals surface area contributed by atoms with Gasteiger partial charge < -0.3 is 9.80 Å². The SMILES string of the molecule is CCCC1NC(CCC)N(CC2CCCCN2C)C1=O. The molecule has 0 saturated carbocycles. The molecule has 2 aliphatic rings. The van der Waals surface area contributed by atoms with Crippen molar-refractivity contribution >= 4 is 5.91 Å². The largest absolute Gasteiger partial charge is 0.324 e. The lowest BCUT2D eigenvalue weighted by Crippen LogP contribution is -2.48. The molecule has 3 unspecified atom stereocenters. The number of rotatable bonds is 6. The summed E-state index contributed by atoms with van der Waals surface area (Å²) in [6.07, 6.45) is 8.34.